The second-order valence-electron chi connectivity index (χ2n) is 4.04. The first-order valence-corrected chi connectivity index (χ1v) is 5.54. The molecule has 4 heteroatoms. The minimum atomic E-state index is 0.908. The van der Waals surface area contributed by atoms with Gasteiger partial charge in [0.2, 0.25) is 0 Å². The summed E-state index contributed by atoms with van der Waals surface area (Å²) in [4.78, 5) is 4.36. The molecule has 0 atom stereocenters. The van der Waals surface area contributed by atoms with Crippen LogP contribution in [0.4, 0.5) is 0 Å². The Morgan fingerprint density at radius 2 is 2.31 bits per heavy atom. The Morgan fingerprint density at radius 1 is 1.38 bits per heavy atom. The molecule has 3 rings (SSSR count). The van der Waals surface area contributed by atoms with Gasteiger partial charge in [-0.1, -0.05) is 6.07 Å². The highest BCUT2D eigenvalue weighted by molar-refractivity contribution is 5.59. The van der Waals surface area contributed by atoms with Crippen molar-refractivity contribution in [3.63, 3.8) is 0 Å². The largest absolute Gasteiger partial charge is 0.309 e. The van der Waals surface area contributed by atoms with E-state index < -0.39 is 0 Å². The van der Waals surface area contributed by atoms with Gasteiger partial charge >= 0.3 is 0 Å². The minimum Gasteiger partial charge on any atom is -0.309 e. The molecule has 1 N–H and O–H groups in total. The highest BCUT2D eigenvalue weighted by Gasteiger charge is 2.18. The number of pyridine rings is 1. The standard InChI is InChI=1S/C12H14N4/c1-9-11-8-13-6-7-16(11)15-12(9)10-4-2-3-5-14-10/h2-5,13H,6-8H2,1H3. The molecule has 4 nitrogen and oxygen atoms in total. The first kappa shape index (κ1) is 9.54. The summed E-state index contributed by atoms with van der Waals surface area (Å²) in [6.45, 7) is 4.97. The summed E-state index contributed by atoms with van der Waals surface area (Å²) in [5, 5.41) is 8.00. The molecule has 0 unspecified atom stereocenters. The van der Waals surface area contributed by atoms with Crippen LogP contribution in [-0.2, 0) is 13.1 Å². The molecule has 0 spiro atoms. The summed E-state index contributed by atoms with van der Waals surface area (Å²) in [7, 11) is 0. The van der Waals surface area contributed by atoms with Crippen LogP contribution in [0.5, 0.6) is 0 Å². The van der Waals surface area contributed by atoms with Crippen LogP contribution >= 0.6 is 0 Å². The number of aromatic nitrogens is 3. The van der Waals surface area contributed by atoms with Crippen LogP contribution in [-0.4, -0.2) is 21.3 Å². The molecular weight excluding hydrogens is 200 g/mol. The van der Waals surface area contributed by atoms with Crippen molar-refractivity contribution in [2.24, 2.45) is 0 Å². The quantitative estimate of drug-likeness (QED) is 0.779. The summed E-state index contributed by atoms with van der Waals surface area (Å²) in [6, 6.07) is 5.93. The minimum absolute atomic E-state index is 0.908. The van der Waals surface area contributed by atoms with Crippen molar-refractivity contribution in [2.45, 2.75) is 20.0 Å². The summed E-state index contributed by atoms with van der Waals surface area (Å²) < 4.78 is 2.09. The van der Waals surface area contributed by atoms with Crippen molar-refractivity contribution >= 4 is 0 Å². The monoisotopic (exact) mass is 214 g/mol. The lowest BCUT2D eigenvalue weighted by Gasteiger charge is -2.14. The van der Waals surface area contributed by atoms with Crippen LogP contribution in [0.15, 0.2) is 24.4 Å². The van der Waals surface area contributed by atoms with E-state index in [1.54, 1.807) is 0 Å². The molecule has 0 aliphatic carbocycles. The molecule has 1 aliphatic rings. The fourth-order valence-electron chi connectivity index (χ4n) is 2.13. The Kier molecular flexibility index (Phi) is 2.22. The van der Waals surface area contributed by atoms with Gasteiger partial charge in [-0.3, -0.25) is 9.67 Å². The Hall–Kier alpha value is -1.68. The highest BCUT2D eigenvalue weighted by atomic mass is 15.3. The topological polar surface area (TPSA) is 42.7 Å². The van der Waals surface area contributed by atoms with E-state index in [9.17, 15) is 0 Å². The lowest BCUT2D eigenvalue weighted by Crippen LogP contribution is -2.28. The van der Waals surface area contributed by atoms with Gasteiger partial charge < -0.3 is 5.32 Å². The van der Waals surface area contributed by atoms with Crippen molar-refractivity contribution in [3.05, 3.63) is 35.7 Å². The van der Waals surface area contributed by atoms with Gasteiger partial charge in [0, 0.05) is 24.8 Å². The van der Waals surface area contributed by atoms with Gasteiger partial charge in [-0.05, 0) is 19.1 Å². The van der Waals surface area contributed by atoms with Crippen LogP contribution in [0.1, 0.15) is 11.3 Å². The van der Waals surface area contributed by atoms with E-state index >= 15 is 0 Å². The van der Waals surface area contributed by atoms with Gasteiger partial charge in [0.05, 0.1) is 17.9 Å². The average Bonchev–Trinajstić information content (AvgIpc) is 2.69. The molecule has 0 amide bonds. The molecule has 82 valence electrons. The van der Waals surface area contributed by atoms with E-state index in [0.717, 1.165) is 31.0 Å². The van der Waals surface area contributed by atoms with E-state index in [2.05, 4.69) is 27.0 Å². The molecule has 0 radical (unpaired) electrons. The third-order valence-corrected chi connectivity index (χ3v) is 3.02. The van der Waals surface area contributed by atoms with Gasteiger partial charge in [0.1, 0.15) is 5.69 Å². The van der Waals surface area contributed by atoms with Crippen molar-refractivity contribution in [3.8, 4) is 11.4 Å². The number of hydrogen-bond acceptors (Lipinski definition) is 3. The number of fused-ring (bicyclic) bond motifs is 1. The second kappa shape index (κ2) is 3.72. The number of nitrogens with one attached hydrogen (secondary N) is 1. The molecule has 2 aromatic rings. The SMILES string of the molecule is Cc1c(-c2ccccn2)nn2c1CNCC2. The van der Waals surface area contributed by atoms with Crippen LogP contribution in [0, 0.1) is 6.92 Å². The van der Waals surface area contributed by atoms with Crippen molar-refractivity contribution in [1.82, 2.24) is 20.1 Å². The zero-order valence-electron chi connectivity index (χ0n) is 9.27. The van der Waals surface area contributed by atoms with Crippen LogP contribution in [0.2, 0.25) is 0 Å². The van der Waals surface area contributed by atoms with E-state index in [1.165, 1.54) is 11.3 Å². The Morgan fingerprint density at radius 3 is 3.06 bits per heavy atom. The highest BCUT2D eigenvalue weighted by Crippen LogP contribution is 2.23. The Labute approximate surface area is 94.3 Å². The van der Waals surface area contributed by atoms with Gasteiger partial charge in [-0.2, -0.15) is 5.10 Å². The van der Waals surface area contributed by atoms with Crippen LogP contribution in [0.3, 0.4) is 0 Å². The molecule has 0 saturated carbocycles. The van der Waals surface area contributed by atoms with Crippen molar-refractivity contribution in [2.75, 3.05) is 6.54 Å². The van der Waals surface area contributed by atoms with Gasteiger partial charge in [-0.25, -0.2) is 0 Å². The van der Waals surface area contributed by atoms with E-state index in [4.69, 9.17) is 0 Å². The maximum absolute atomic E-state index is 4.63. The molecule has 0 bridgehead atoms. The normalized spacial score (nSPS) is 14.8. The summed E-state index contributed by atoms with van der Waals surface area (Å²) in [5.74, 6) is 0. The van der Waals surface area contributed by atoms with Crippen LogP contribution in [0.25, 0.3) is 11.4 Å². The lowest BCUT2D eigenvalue weighted by molar-refractivity contribution is 0.475. The maximum atomic E-state index is 4.63. The first-order valence-electron chi connectivity index (χ1n) is 5.54. The van der Waals surface area contributed by atoms with Crippen molar-refractivity contribution < 1.29 is 0 Å². The Bertz CT molecular complexity index is 501. The van der Waals surface area contributed by atoms with Crippen molar-refractivity contribution in [1.29, 1.82) is 0 Å². The number of rotatable bonds is 1. The number of hydrogen-bond donors (Lipinski definition) is 1. The van der Waals surface area contributed by atoms with Gasteiger partial charge in [-0.15, -0.1) is 0 Å². The molecule has 1 aliphatic heterocycles. The lowest BCUT2D eigenvalue weighted by atomic mass is 10.1. The maximum Gasteiger partial charge on any atom is 0.114 e. The van der Waals surface area contributed by atoms with Gasteiger partial charge in [0.25, 0.3) is 0 Å². The fourth-order valence-corrected chi connectivity index (χ4v) is 2.13. The smallest absolute Gasteiger partial charge is 0.114 e. The van der Waals surface area contributed by atoms with E-state index in [1.807, 2.05) is 24.4 Å². The molecule has 0 saturated heterocycles. The molecule has 0 aromatic carbocycles. The molecule has 3 heterocycles. The molecule has 2 aromatic heterocycles. The van der Waals surface area contributed by atoms with Crippen LogP contribution < -0.4 is 5.32 Å². The summed E-state index contributed by atoms with van der Waals surface area (Å²) in [6.07, 6.45) is 1.81. The Balaban J connectivity index is 2.12. The predicted molar refractivity (Wildman–Crippen MR) is 61.9 cm³/mol. The van der Waals surface area contributed by atoms with Gasteiger partial charge in [0.15, 0.2) is 0 Å². The third kappa shape index (κ3) is 1.42. The number of nitrogens with zero attached hydrogens (tertiary/aromatic N) is 3. The second-order valence-corrected chi connectivity index (χ2v) is 4.04. The summed E-state index contributed by atoms with van der Waals surface area (Å²) >= 11 is 0. The molecule has 16 heavy (non-hydrogen) atoms. The van der Waals surface area contributed by atoms with E-state index in [-0.39, 0.29) is 0 Å². The molecule has 0 fully saturated rings. The molecular formula is C12H14N4. The zero-order chi connectivity index (χ0) is 11.0. The average molecular weight is 214 g/mol. The third-order valence-electron chi connectivity index (χ3n) is 3.02. The summed E-state index contributed by atoms with van der Waals surface area (Å²) in [5.41, 5.74) is 4.50. The predicted octanol–water partition coefficient (Wildman–Crippen LogP) is 1.36. The fraction of sp³-hybridized carbons (Fsp3) is 0.333. The van der Waals surface area contributed by atoms with E-state index in [0.29, 0.717) is 0 Å². The zero-order valence-corrected chi connectivity index (χ0v) is 9.27. The first-order chi connectivity index (χ1) is 7.86.